The van der Waals surface area contributed by atoms with E-state index in [4.69, 9.17) is 0 Å². The van der Waals surface area contributed by atoms with E-state index in [0.29, 0.717) is 19.1 Å². The molecule has 5 heteroatoms. The SMILES string of the molecule is C=CCNC(=O)CN(CCC)C1CCNCC1.Cl. The molecule has 0 aromatic rings. The molecule has 18 heavy (non-hydrogen) atoms. The van der Waals surface area contributed by atoms with E-state index in [-0.39, 0.29) is 18.3 Å². The van der Waals surface area contributed by atoms with Gasteiger partial charge in [-0.05, 0) is 38.9 Å². The van der Waals surface area contributed by atoms with Crippen LogP contribution in [-0.2, 0) is 4.79 Å². The van der Waals surface area contributed by atoms with Gasteiger partial charge in [0.05, 0.1) is 6.54 Å². The van der Waals surface area contributed by atoms with E-state index >= 15 is 0 Å². The molecule has 1 aliphatic heterocycles. The molecule has 1 rings (SSSR count). The average Bonchev–Trinajstić information content (AvgIpc) is 2.37. The second-order valence-electron chi connectivity index (χ2n) is 4.54. The summed E-state index contributed by atoms with van der Waals surface area (Å²) < 4.78 is 0. The quantitative estimate of drug-likeness (QED) is 0.686. The molecule has 0 aromatic carbocycles. The maximum absolute atomic E-state index is 11.7. The molecule has 1 amide bonds. The number of hydrogen-bond acceptors (Lipinski definition) is 3. The second-order valence-corrected chi connectivity index (χ2v) is 4.54. The molecule has 0 aliphatic carbocycles. The largest absolute Gasteiger partial charge is 0.352 e. The van der Waals surface area contributed by atoms with E-state index in [1.807, 2.05) is 0 Å². The van der Waals surface area contributed by atoms with Crippen LogP contribution in [-0.4, -0.2) is 49.6 Å². The predicted octanol–water partition coefficient (Wildman–Crippen LogP) is 1.17. The Labute approximate surface area is 117 Å². The van der Waals surface area contributed by atoms with Gasteiger partial charge >= 0.3 is 0 Å². The fourth-order valence-electron chi connectivity index (χ4n) is 2.28. The Kier molecular flexibility index (Phi) is 10.0. The zero-order valence-electron chi connectivity index (χ0n) is 11.3. The highest BCUT2D eigenvalue weighted by Gasteiger charge is 2.21. The summed E-state index contributed by atoms with van der Waals surface area (Å²) in [7, 11) is 0. The molecule has 0 atom stereocenters. The van der Waals surface area contributed by atoms with Crippen molar-refractivity contribution >= 4 is 18.3 Å². The molecule has 1 fully saturated rings. The zero-order valence-corrected chi connectivity index (χ0v) is 12.1. The van der Waals surface area contributed by atoms with Crippen LogP contribution in [0.2, 0.25) is 0 Å². The minimum Gasteiger partial charge on any atom is -0.352 e. The summed E-state index contributed by atoms with van der Waals surface area (Å²) in [6.07, 6.45) is 5.11. The summed E-state index contributed by atoms with van der Waals surface area (Å²) in [5.74, 6) is 0.108. The van der Waals surface area contributed by atoms with E-state index in [1.165, 1.54) is 0 Å². The maximum Gasteiger partial charge on any atom is 0.234 e. The van der Waals surface area contributed by atoms with E-state index < -0.39 is 0 Å². The summed E-state index contributed by atoms with van der Waals surface area (Å²) >= 11 is 0. The van der Waals surface area contributed by atoms with Gasteiger partial charge in [-0.3, -0.25) is 9.69 Å². The normalized spacial score (nSPS) is 16.1. The smallest absolute Gasteiger partial charge is 0.234 e. The van der Waals surface area contributed by atoms with Crippen molar-refractivity contribution in [3.63, 3.8) is 0 Å². The van der Waals surface area contributed by atoms with Crippen LogP contribution in [0.4, 0.5) is 0 Å². The zero-order chi connectivity index (χ0) is 12.5. The van der Waals surface area contributed by atoms with Gasteiger partial charge in [0, 0.05) is 12.6 Å². The second kappa shape index (κ2) is 10.4. The molecule has 0 aromatic heterocycles. The van der Waals surface area contributed by atoms with Crippen LogP contribution in [0.25, 0.3) is 0 Å². The summed E-state index contributed by atoms with van der Waals surface area (Å²) in [5.41, 5.74) is 0. The third-order valence-corrected chi connectivity index (χ3v) is 3.13. The average molecular weight is 276 g/mol. The van der Waals surface area contributed by atoms with Crippen LogP contribution in [0.1, 0.15) is 26.2 Å². The lowest BCUT2D eigenvalue weighted by Gasteiger charge is -2.33. The van der Waals surface area contributed by atoms with E-state index in [1.54, 1.807) is 6.08 Å². The van der Waals surface area contributed by atoms with Crippen molar-refractivity contribution in [2.75, 3.05) is 32.7 Å². The topological polar surface area (TPSA) is 44.4 Å². The number of nitrogens with one attached hydrogen (secondary N) is 2. The van der Waals surface area contributed by atoms with Crippen molar-refractivity contribution in [1.29, 1.82) is 0 Å². The van der Waals surface area contributed by atoms with Gasteiger partial charge in [0.2, 0.25) is 5.91 Å². The molecule has 2 N–H and O–H groups in total. The summed E-state index contributed by atoms with van der Waals surface area (Å²) in [5, 5.41) is 6.20. The Morgan fingerprint density at radius 3 is 2.72 bits per heavy atom. The van der Waals surface area contributed by atoms with Gasteiger partial charge in [-0.25, -0.2) is 0 Å². The Bertz CT molecular complexity index is 242. The molecule has 1 aliphatic rings. The number of rotatable bonds is 7. The third kappa shape index (κ3) is 6.38. The first-order valence-corrected chi connectivity index (χ1v) is 6.60. The molecule has 0 spiro atoms. The molecule has 0 bridgehead atoms. The van der Waals surface area contributed by atoms with Gasteiger partial charge < -0.3 is 10.6 Å². The first-order chi connectivity index (χ1) is 8.27. The molecular formula is C13H26ClN3O. The number of piperidine rings is 1. The molecule has 106 valence electrons. The first kappa shape index (κ1) is 17.4. The molecule has 0 unspecified atom stereocenters. The van der Waals surface area contributed by atoms with Crippen molar-refractivity contribution in [3.05, 3.63) is 12.7 Å². The van der Waals surface area contributed by atoms with Gasteiger partial charge in [-0.15, -0.1) is 19.0 Å². The van der Waals surface area contributed by atoms with Crippen LogP contribution in [0.5, 0.6) is 0 Å². The number of carbonyl (C=O) groups is 1. The van der Waals surface area contributed by atoms with Crippen molar-refractivity contribution in [2.45, 2.75) is 32.2 Å². The Morgan fingerprint density at radius 2 is 2.17 bits per heavy atom. The van der Waals surface area contributed by atoms with E-state index in [9.17, 15) is 4.79 Å². The molecule has 1 heterocycles. The lowest BCUT2D eigenvalue weighted by molar-refractivity contribution is -0.122. The highest BCUT2D eigenvalue weighted by atomic mass is 35.5. The number of amides is 1. The van der Waals surface area contributed by atoms with Crippen molar-refractivity contribution in [1.82, 2.24) is 15.5 Å². The molecule has 1 saturated heterocycles. The van der Waals surface area contributed by atoms with Crippen LogP contribution in [0.3, 0.4) is 0 Å². The van der Waals surface area contributed by atoms with Gasteiger partial charge in [-0.2, -0.15) is 0 Å². The fraction of sp³-hybridized carbons (Fsp3) is 0.769. The maximum atomic E-state index is 11.7. The van der Waals surface area contributed by atoms with Crippen LogP contribution in [0.15, 0.2) is 12.7 Å². The molecule has 0 saturated carbocycles. The van der Waals surface area contributed by atoms with Gasteiger partial charge in [0.1, 0.15) is 0 Å². The van der Waals surface area contributed by atoms with Gasteiger partial charge in [0.15, 0.2) is 0 Å². The Hall–Kier alpha value is -0.580. The minimum atomic E-state index is 0. The van der Waals surface area contributed by atoms with Crippen LogP contribution in [0, 0.1) is 0 Å². The monoisotopic (exact) mass is 275 g/mol. The van der Waals surface area contributed by atoms with Gasteiger partial charge in [-0.1, -0.05) is 13.0 Å². The van der Waals surface area contributed by atoms with E-state index in [2.05, 4.69) is 29.0 Å². The minimum absolute atomic E-state index is 0. The van der Waals surface area contributed by atoms with Crippen molar-refractivity contribution in [3.8, 4) is 0 Å². The number of hydrogen-bond donors (Lipinski definition) is 2. The number of carbonyl (C=O) groups excluding carboxylic acids is 1. The summed E-state index contributed by atoms with van der Waals surface area (Å²) in [6, 6.07) is 0.561. The Morgan fingerprint density at radius 1 is 1.50 bits per heavy atom. The predicted molar refractivity (Wildman–Crippen MR) is 78.2 cm³/mol. The lowest BCUT2D eigenvalue weighted by atomic mass is 10.0. The number of halogens is 1. The van der Waals surface area contributed by atoms with Crippen molar-refractivity contribution < 1.29 is 4.79 Å². The van der Waals surface area contributed by atoms with Crippen LogP contribution >= 0.6 is 12.4 Å². The molecule has 0 radical (unpaired) electrons. The van der Waals surface area contributed by atoms with E-state index in [0.717, 1.165) is 38.9 Å². The first-order valence-electron chi connectivity index (χ1n) is 6.60. The summed E-state index contributed by atoms with van der Waals surface area (Å²) in [6.45, 7) is 9.99. The lowest BCUT2D eigenvalue weighted by Crippen LogP contribution is -2.47. The highest BCUT2D eigenvalue weighted by molar-refractivity contribution is 5.85. The third-order valence-electron chi connectivity index (χ3n) is 3.13. The highest BCUT2D eigenvalue weighted by Crippen LogP contribution is 2.11. The molecular weight excluding hydrogens is 250 g/mol. The standard InChI is InChI=1S/C13H25N3O.ClH/c1-3-7-15-13(17)11-16(10-4-2)12-5-8-14-9-6-12;/h3,12,14H,1,4-11H2,2H3,(H,15,17);1H. The van der Waals surface area contributed by atoms with Crippen molar-refractivity contribution in [2.24, 2.45) is 0 Å². The molecule has 4 nitrogen and oxygen atoms in total. The number of nitrogens with zero attached hydrogens (tertiary/aromatic N) is 1. The van der Waals surface area contributed by atoms with Crippen LogP contribution < -0.4 is 10.6 Å². The fourth-order valence-corrected chi connectivity index (χ4v) is 2.28. The summed E-state index contributed by atoms with van der Waals surface area (Å²) in [4.78, 5) is 14.0. The van der Waals surface area contributed by atoms with Gasteiger partial charge in [0.25, 0.3) is 0 Å². The Balaban J connectivity index is 0.00000289.